The molecule has 1 aromatic carbocycles. The molecule has 33 heavy (non-hydrogen) atoms. The number of unbranched alkanes of at least 4 members (excludes halogenated alkanes) is 1. The van der Waals surface area contributed by atoms with Crippen LogP contribution in [0.15, 0.2) is 18.2 Å². The number of rotatable bonds is 8. The average Bonchev–Trinajstić information content (AvgIpc) is 3.32. The van der Waals surface area contributed by atoms with Crippen LogP contribution in [0.5, 0.6) is 0 Å². The number of anilines is 1. The zero-order valence-electron chi connectivity index (χ0n) is 19.2. The summed E-state index contributed by atoms with van der Waals surface area (Å²) in [4.78, 5) is 41.9. The normalized spacial score (nSPS) is 32.2. The Labute approximate surface area is 198 Å². The number of aryl methyl sites for hydroxylation is 1. The first-order chi connectivity index (χ1) is 15.7. The van der Waals surface area contributed by atoms with Gasteiger partial charge in [0.2, 0.25) is 11.8 Å². The third-order valence-electron chi connectivity index (χ3n) is 7.34. The third-order valence-corrected chi connectivity index (χ3v) is 7.66. The fourth-order valence-electron chi connectivity index (χ4n) is 5.93. The molecule has 0 aliphatic carbocycles. The number of fused-ring (bicyclic) bond motifs is 1. The van der Waals surface area contributed by atoms with Crippen LogP contribution in [0.4, 0.5) is 5.69 Å². The summed E-state index contributed by atoms with van der Waals surface area (Å²) in [5.41, 5.74) is -0.675. The third kappa shape index (κ3) is 3.72. The van der Waals surface area contributed by atoms with Gasteiger partial charge in [0.15, 0.2) is 0 Å². The Balaban J connectivity index is 1.73. The molecule has 0 aromatic heterocycles. The highest BCUT2D eigenvalue weighted by Gasteiger charge is 2.78. The van der Waals surface area contributed by atoms with Crippen molar-refractivity contribution < 1.29 is 29.0 Å². The zero-order chi connectivity index (χ0) is 24.0. The molecule has 1 aromatic rings. The lowest BCUT2D eigenvalue weighted by atomic mass is 9.66. The predicted molar refractivity (Wildman–Crippen MR) is 122 cm³/mol. The maximum atomic E-state index is 13.7. The van der Waals surface area contributed by atoms with Gasteiger partial charge in [-0.1, -0.05) is 23.7 Å². The molecule has 3 heterocycles. The first-order valence-corrected chi connectivity index (χ1v) is 11.9. The molecule has 8 nitrogen and oxygen atoms in total. The van der Waals surface area contributed by atoms with Gasteiger partial charge in [-0.25, -0.2) is 0 Å². The van der Waals surface area contributed by atoms with Crippen molar-refractivity contribution in [3.05, 3.63) is 28.8 Å². The van der Waals surface area contributed by atoms with E-state index in [1.165, 1.54) is 4.90 Å². The zero-order valence-corrected chi connectivity index (χ0v) is 20.0. The molecule has 1 spiro atoms. The average molecular weight is 479 g/mol. The molecule has 3 aliphatic heterocycles. The lowest BCUT2D eigenvalue weighted by molar-refractivity contribution is -0.158. The Hall–Kier alpha value is -2.16. The fraction of sp³-hybridized carbons (Fsp3) is 0.625. The van der Waals surface area contributed by atoms with Crippen molar-refractivity contribution in [2.75, 3.05) is 25.1 Å². The Morgan fingerprint density at radius 2 is 2.09 bits per heavy atom. The number of benzene rings is 1. The molecule has 2 bridgehead atoms. The molecule has 0 radical (unpaired) electrons. The lowest BCUT2D eigenvalue weighted by Gasteiger charge is -2.33. The van der Waals surface area contributed by atoms with Gasteiger partial charge in [0.25, 0.3) is 0 Å². The number of nitrogens with one attached hydrogen (secondary N) is 1. The summed E-state index contributed by atoms with van der Waals surface area (Å²) in [5.74, 6) is -2.67. The van der Waals surface area contributed by atoms with E-state index in [2.05, 4.69) is 5.32 Å². The number of nitrogens with zero attached hydrogens (tertiary/aromatic N) is 1. The number of hydrogen-bond acceptors (Lipinski definition) is 6. The smallest absolute Gasteiger partial charge is 0.312 e. The highest BCUT2D eigenvalue weighted by molar-refractivity contribution is 6.34. The van der Waals surface area contributed by atoms with Crippen molar-refractivity contribution in [3.8, 4) is 0 Å². The molecular weight excluding hydrogens is 448 g/mol. The molecule has 0 saturated carbocycles. The van der Waals surface area contributed by atoms with Gasteiger partial charge < -0.3 is 24.8 Å². The monoisotopic (exact) mass is 478 g/mol. The molecule has 2 unspecified atom stereocenters. The van der Waals surface area contributed by atoms with Gasteiger partial charge in [-0.2, -0.15) is 0 Å². The summed E-state index contributed by atoms with van der Waals surface area (Å²) in [5, 5.41) is 12.6. The number of halogens is 1. The number of hydrogen-bond donors (Lipinski definition) is 2. The predicted octanol–water partition coefficient (Wildman–Crippen LogP) is 2.69. The highest BCUT2D eigenvalue weighted by Crippen LogP contribution is 2.63. The van der Waals surface area contributed by atoms with E-state index in [0.717, 1.165) is 5.56 Å². The van der Waals surface area contributed by atoms with Crippen LogP contribution >= 0.6 is 11.6 Å². The summed E-state index contributed by atoms with van der Waals surface area (Å²) in [6.45, 7) is 5.88. The Bertz CT molecular complexity index is 950. The molecule has 3 fully saturated rings. The molecular formula is C24H31ClN2O6. The molecule has 9 heteroatoms. The number of likely N-dealkylation sites (tertiary alicyclic amines) is 1. The minimum absolute atomic E-state index is 0.00763. The second-order valence-electron chi connectivity index (χ2n) is 9.36. The van der Waals surface area contributed by atoms with Crippen LogP contribution in [-0.2, 0) is 23.9 Å². The number of amides is 2. The SMILES string of the molecule is CCOC(=O)[C@H]1[C@H]2C(=O)N(CCCCO)C(C(=O)Nc3c(C)cccc3Cl)C23CC[C@]1(C)O3. The van der Waals surface area contributed by atoms with Crippen LogP contribution in [0, 0.1) is 18.8 Å². The number of para-hydroxylation sites is 1. The Morgan fingerprint density at radius 3 is 2.76 bits per heavy atom. The summed E-state index contributed by atoms with van der Waals surface area (Å²) in [6.07, 6.45) is 2.08. The van der Waals surface area contributed by atoms with Crippen molar-refractivity contribution in [3.63, 3.8) is 0 Å². The van der Waals surface area contributed by atoms with Crippen molar-refractivity contribution in [2.24, 2.45) is 11.8 Å². The number of carbonyl (C=O) groups is 3. The van der Waals surface area contributed by atoms with E-state index < -0.39 is 35.0 Å². The van der Waals surface area contributed by atoms with Crippen molar-refractivity contribution in [1.29, 1.82) is 0 Å². The van der Waals surface area contributed by atoms with E-state index in [1.54, 1.807) is 19.1 Å². The van der Waals surface area contributed by atoms with Gasteiger partial charge in [0.05, 0.1) is 28.8 Å². The summed E-state index contributed by atoms with van der Waals surface area (Å²) < 4.78 is 11.8. The molecule has 180 valence electrons. The van der Waals surface area contributed by atoms with Gasteiger partial charge in [-0.3, -0.25) is 14.4 Å². The topological polar surface area (TPSA) is 105 Å². The number of carbonyl (C=O) groups excluding carboxylic acids is 3. The van der Waals surface area contributed by atoms with Gasteiger partial charge in [0.1, 0.15) is 17.6 Å². The first kappa shape index (κ1) is 24.0. The van der Waals surface area contributed by atoms with Crippen LogP contribution in [0.2, 0.25) is 5.02 Å². The molecule has 3 aliphatic rings. The van der Waals surface area contributed by atoms with Gasteiger partial charge in [-0.05, 0) is 58.1 Å². The van der Waals surface area contributed by atoms with Gasteiger partial charge in [-0.15, -0.1) is 0 Å². The van der Waals surface area contributed by atoms with Crippen LogP contribution in [0.25, 0.3) is 0 Å². The van der Waals surface area contributed by atoms with E-state index in [9.17, 15) is 19.5 Å². The molecule has 4 rings (SSSR count). The van der Waals surface area contributed by atoms with Crippen molar-refractivity contribution in [2.45, 2.75) is 63.7 Å². The Morgan fingerprint density at radius 1 is 1.33 bits per heavy atom. The highest BCUT2D eigenvalue weighted by atomic mass is 35.5. The van der Waals surface area contributed by atoms with Gasteiger partial charge in [0, 0.05) is 13.2 Å². The summed E-state index contributed by atoms with van der Waals surface area (Å²) >= 11 is 6.34. The second-order valence-corrected chi connectivity index (χ2v) is 9.77. The van der Waals surface area contributed by atoms with Gasteiger partial charge >= 0.3 is 5.97 Å². The van der Waals surface area contributed by atoms with E-state index in [4.69, 9.17) is 21.1 Å². The summed E-state index contributed by atoms with van der Waals surface area (Å²) in [6, 6.07) is 4.43. The Kier molecular flexibility index (Phi) is 6.46. The van der Waals surface area contributed by atoms with Crippen LogP contribution in [0.1, 0.15) is 45.1 Å². The molecule has 3 saturated heterocycles. The molecule has 2 N–H and O–H groups in total. The standard InChI is InChI=1S/C24H31ClN2O6/c1-4-32-22(31)17-16-21(30)27(12-5-6-13-28)19(24(16)11-10-23(17,3)33-24)20(29)26-18-14(2)8-7-9-15(18)25/h7-9,16-17,19,28H,4-6,10-13H2,1-3H3,(H,26,29)/t16-,17+,19?,23-,24?/m0/s1. The van der Waals surface area contributed by atoms with Crippen molar-refractivity contribution >= 4 is 35.1 Å². The van der Waals surface area contributed by atoms with Crippen LogP contribution in [-0.4, -0.2) is 64.8 Å². The maximum absolute atomic E-state index is 13.7. The number of aliphatic hydroxyl groups excluding tert-OH is 1. The minimum Gasteiger partial charge on any atom is -0.466 e. The van der Waals surface area contributed by atoms with E-state index in [0.29, 0.717) is 36.4 Å². The number of esters is 1. The van der Waals surface area contributed by atoms with E-state index in [1.807, 2.05) is 19.9 Å². The quantitative estimate of drug-likeness (QED) is 0.439. The maximum Gasteiger partial charge on any atom is 0.312 e. The van der Waals surface area contributed by atoms with E-state index >= 15 is 0 Å². The number of ether oxygens (including phenoxy) is 2. The number of aliphatic hydroxyl groups is 1. The van der Waals surface area contributed by atoms with E-state index in [-0.39, 0.29) is 31.6 Å². The molecule has 5 atom stereocenters. The van der Waals surface area contributed by atoms with Crippen LogP contribution in [0.3, 0.4) is 0 Å². The largest absolute Gasteiger partial charge is 0.466 e. The summed E-state index contributed by atoms with van der Waals surface area (Å²) in [7, 11) is 0. The fourth-order valence-corrected chi connectivity index (χ4v) is 6.20. The van der Waals surface area contributed by atoms with Crippen LogP contribution < -0.4 is 5.32 Å². The second kappa shape index (κ2) is 8.89. The minimum atomic E-state index is -1.11. The van der Waals surface area contributed by atoms with Crippen molar-refractivity contribution in [1.82, 2.24) is 4.90 Å². The lowest BCUT2D eigenvalue weighted by Crippen LogP contribution is -2.53. The molecule has 2 amide bonds. The first-order valence-electron chi connectivity index (χ1n) is 11.5.